The minimum atomic E-state index is 0.0778. The largest absolute Gasteiger partial charge is 0.369 e. The Morgan fingerprint density at radius 2 is 2.00 bits per heavy atom. The predicted molar refractivity (Wildman–Crippen MR) is 62.9 cm³/mol. The van der Waals surface area contributed by atoms with E-state index in [0.29, 0.717) is 6.54 Å². The summed E-state index contributed by atoms with van der Waals surface area (Å²) in [6.07, 6.45) is 5.35. The van der Waals surface area contributed by atoms with Crippen molar-refractivity contribution in [2.24, 2.45) is 0 Å². The second-order valence-electron chi connectivity index (χ2n) is 4.22. The molecule has 1 fully saturated rings. The molecule has 4 nitrogen and oxygen atoms in total. The van der Waals surface area contributed by atoms with E-state index < -0.39 is 0 Å². The molecule has 90 valence electrons. The second-order valence-corrected chi connectivity index (χ2v) is 4.22. The van der Waals surface area contributed by atoms with Gasteiger partial charge in [-0.05, 0) is 13.8 Å². The number of amides is 1. The fraction of sp³-hybridized carbons (Fsp3) is 0.750. The highest BCUT2D eigenvalue weighted by molar-refractivity contribution is 5.77. The van der Waals surface area contributed by atoms with Gasteiger partial charge in [0.2, 0.25) is 5.91 Å². The first kappa shape index (κ1) is 13.0. The van der Waals surface area contributed by atoms with Crippen molar-refractivity contribution in [3.05, 3.63) is 0 Å². The van der Waals surface area contributed by atoms with Gasteiger partial charge in [-0.15, -0.1) is 6.42 Å². The van der Waals surface area contributed by atoms with Gasteiger partial charge in [-0.3, -0.25) is 9.69 Å². The number of ether oxygens (including phenoxy) is 1. The summed E-state index contributed by atoms with van der Waals surface area (Å²) in [7, 11) is 0. The van der Waals surface area contributed by atoms with Crippen LogP contribution in [-0.2, 0) is 9.53 Å². The molecule has 0 bridgehead atoms. The zero-order chi connectivity index (χ0) is 12.0. The van der Waals surface area contributed by atoms with Gasteiger partial charge in [0, 0.05) is 26.2 Å². The molecule has 0 saturated carbocycles. The summed E-state index contributed by atoms with van der Waals surface area (Å²) in [5, 5.41) is 0. The van der Waals surface area contributed by atoms with Crippen LogP contribution in [0.2, 0.25) is 0 Å². The van der Waals surface area contributed by atoms with Crippen molar-refractivity contribution in [2.75, 3.05) is 39.3 Å². The third-order valence-corrected chi connectivity index (χ3v) is 2.58. The number of carbonyl (C=O) groups excluding carboxylic acids is 1. The third-order valence-electron chi connectivity index (χ3n) is 2.58. The Hall–Kier alpha value is -1.05. The minimum absolute atomic E-state index is 0.0778. The van der Waals surface area contributed by atoms with Gasteiger partial charge < -0.3 is 9.64 Å². The van der Waals surface area contributed by atoms with E-state index in [0.717, 1.165) is 26.2 Å². The Bertz CT molecular complexity index is 263. The van der Waals surface area contributed by atoms with Crippen LogP contribution in [0.25, 0.3) is 0 Å². The highest BCUT2D eigenvalue weighted by atomic mass is 16.5. The van der Waals surface area contributed by atoms with Crippen LogP contribution in [-0.4, -0.2) is 61.1 Å². The topological polar surface area (TPSA) is 32.8 Å². The predicted octanol–water partition coefficient (Wildman–Crippen LogP) is 0.189. The number of carbonyl (C=O) groups is 1. The Morgan fingerprint density at radius 1 is 1.38 bits per heavy atom. The quantitative estimate of drug-likeness (QED) is 0.639. The van der Waals surface area contributed by atoms with E-state index in [1.54, 1.807) is 0 Å². The Kier molecular flexibility index (Phi) is 5.30. The van der Waals surface area contributed by atoms with Gasteiger partial charge in [-0.1, -0.05) is 5.92 Å². The molecule has 4 heteroatoms. The standard InChI is InChI=1S/C12H20N2O2/c1-4-5-13-6-8-14(9-7-13)12(15)10-16-11(2)3/h1,11H,5-10H2,2-3H3. The number of hydrogen-bond acceptors (Lipinski definition) is 3. The van der Waals surface area contributed by atoms with E-state index in [1.807, 2.05) is 18.7 Å². The maximum Gasteiger partial charge on any atom is 0.248 e. The maximum absolute atomic E-state index is 11.7. The monoisotopic (exact) mass is 224 g/mol. The van der Waals surface area contributed by atoms with Crippen LogP contribution in [0.3, 0.4) is 0 Å². The van der Waals surface area contributed by atoms with Gasteiger partial charge in [0.15, 0.2) is 0 Å². The molecule has 16 heavy (non-hydrogen) atoms. The van der Waals surface area contributed by atoms with E-state index in [2.05, 4.69) is 10.8 Å². The lowest BCUT2D eigenvalue weighted by Gasteiger charge is -2.33. The molecule has 0 aromatic rings. The Labute approximate surface area is 97.5 Å². The second kappa shape index (κ2) is 6.51. The number of rotatable bonds is 4. The van der Waals surface area contributed by atoms with Gasteiger partial charge in [0.05, 0.1) is 12.6 Å². The summed E-state index contributed by atoms with van der Waals surface area (Å²) < 4.78 is 5.29. The van der Waals surface area contributed by atoms with Crippen LogP contribution >= 0.6 is 0 Å². The summed E-state index contributed by atoms with van der Waals surface area (Å²) in [4.78, 5) is 15.7. The summed E-state index contributed by atoms with van der Waals surface area (Å²) in [5.41, 5.74) is 0. The van der Waals surface area contributed by atoms with Gasteiger partial charge in [-0.25, -0.2) is 0 Å². The molecule has 0 aromatic carbocycles. The molecule has 0 unspecified atom stereocenters. The average molecular weight is 224 g/mol. The molecule has 0 radical (unpaired) electrons. The molecule has 0 spiro atoms. The zero-order valence-electron chi connectivity index (χ0n) is 10.1. The summed E-state index contributed by atoms with van der Waals surface area (Å²) >= 11 is 0. The summed E-state index contributed by atoms with van der Waals surface area (Å²) in [5.74, 6) is 2.70. The van der Waals surface area contributed by atoms with Crippen LogP contribution in [0, 0.1) is 12.3 Å². The molecule has 0 aromatic heterocycles. The molecule has 1 saturated heterocycles. The molecular formula is C12H20N2O2. The highest BCUT2D eigenvalue weighted by Crippen LogP contribution is 2.02. The molecule has 1 amide bonds. The van der Waals surface area contributed by atoms with Crippen molar-refractivity contribution in [1.82, 2.24) is 9.80 Å². The molecular weight excluding hydrogens is 204 g/mol. The Balaban J connectivity index is 2.25. The van der Waals surface area contributed by atoms with Crippen LogP contribution in [0.1, 0.15) is 13.8 Å². The van der Waals surface area contributed by atoms with Crippen molar-refractivity contribution in [3.8, 4) is 12.3 Å². The van der Waals surface area contributed by atoms with Crippen molar-refractivity contribution in [1.29, 1.82) is 0 Å². The lowest BCUT2D eigenvalue weighted by molar-refractivity contribution is -0.139. The SMILES string of the molecule is C#CCN1CCN(C(=O)COC(C)C)CC1. The van der Waals surface area contributed by atoms with Crippen LogP contribution < -0.4 is 0 Å². The first-order valence-electron chi connectivity index (χ1n) is 5.68. The smallest absolute Gasteiger partial charge is 0.248 e. The van der Waals surface area contributed by atoms with E-state index in [4.69, 9.17) is 11.2 Å². The molecule has 1 aliphatic rings. The number of piperazine rings is 1. The molecule has 1 rings (SSSR count). The number of nitrogens with zero attached hydrogens (tertiary/aromatic N) is 2. The molecule has 0 N–H and O–H groups in total. The van der Waals surface area contributed by atoms with Crippen molar-refractivity contribution < 1.29 is 9.53 Å². The van der Waals surface area contributed by atoms with Crippen molar-refractivity contribution in [2.45, 2.75) is 20.0 Å². The molecule has 1 heterocycles. The average Bonchev–Trinajstić information content (AvgIpc) is 2.27. The summed E-state index contributed by atoms with van der Waals surface area (Å²) in [6.45, 7) is 7.94. The molecule has 0 atom stereocenters. The molecule has 0 aliphatic carbocycles. The van der Waals surface area contributed by atoms with E-state index in [9.17, 15) is 4.79 Å². The number of hydrogen-bond donors (Lipinski definition) is 0. The first-order valence-corrected chi connectivity index (χ1v) is 5.68. The van der Waals surface area contributed by atoms with Crippen LogP contribution in [0.4, 0.5) is 0 Å². The third kappa shape index (κ3) is 4.21. The van der Waals surface area contributed by atoms with Gasteiger partial charge in [0.1, 0.15) is 6.61 Å². The van der Waals surface area contributed by atoms with Crippen molar-refractivity contribution >= 4 is 5.91 Å². The Morgan fingerprint density at radius 3 is 2.50 bits per heavy atom. The van der Waals surface area contributed by atoms with Gasteiger partial charge in [0.25, 0.3) is 0 Å². The highest BCUT2D eigenvalue weighted by Gasteiger charge is 2.20. The van der Waals surface area contributed by atoms with Gasteiger partial charge in [-0.2, -0.15) is 0 Å². The molecule has 1 aliphatic heterocycles. The minimum Gasteiger partial charge on any atom is -0.369 e. The summed E-state index contributed by atoms with van der Waals surface area (Å²) in [6, 6.07) is 0. The van der Waals surface area contributed by atoms with Crippen LogP contribution in [0.15, 0.2) is 0 Å². The number of terminal acetylenes is 1. The fourth-order valence-corrected chi connectivity index (χ4v) is 1.61. The van der Waals surface area contributed by atoms with E-state index >= 15 is 0 Å². The van der Waals surface area contributed by atoms with Crippen molar-refractivity contribution in [3.63, 3.8) is 0 Å². The van der Waals surface area contributed by atoms with E-state index in [-0.39, 0.29) is 18.6 Å². The van der Waals surface area contributed by atoms with Gasteiger partial charge >= 0.3 is 0 Å². The lowest BCUT2D eigenvalue weighted by atomic mass is 10.3. The first-order chi connectivity index (χ1) is 7.63. The lowest BCUT2D eigenvalue weighted by Crippen LogP contribution is -2.49. The zero-order valence-corrected chi connectivity index (χ0v) is 10.1. The van der Waals surface area contributed by atoms with E-state index in [1.165, 1.54) is 0 Å². The fourth-order valence-electron chi connectivity index (χ4n) is 1.61. The normalized spacial score (nSPS) is 17.5. The maximum atomic E-state index is 11.7. The van der Waals surface area contributed by atoms with Crippen LogP contribution in [0.5, 0.6) is 0 Å².